The summed E-state index contributed by atoms with van der Waals surface area (Å²) in [5, 5.41) is 0. The van der Waals surface area contributed by atoms with Gasteiger partial charge in [-0.25, -0.2) is 0 Å². The third kappa shape index (κ3) is 5.29. The van der Waals surface area contributed by atoms with E-state index < -0.39 is 36.1 Å². The Hall–Kier alpha value is -2.09. The maximum Gasteiger partial charge on any atom is 0.471 e. The van der Waals surface area contributed by atoms with Gasteiger partial charge in [-0.3, -0.25) is 9.59 Å². The van der Waals surface area contributed by atoms with Crippen LogP contribution in [-0.2, 0) is 25.7 Å². The summed E-state index contributed by atoms with van der Waals surface area (Å²) >= 11 is 0. The molecule has 0 spiro atoms. The summed E-state index contributed by atoms with van der Waals surface area (Å²) < 4.78 is 50.5. The molecule has 2 aliphatic rings. The molecule has 29 heavy (non-hydrogen) atoms. The first kappa shape index (κ1) is 21.6. The number of esters is 1. The number of benzene rings is 1. The quantitative estimate of drug-likeness (QED) is 0.691. The first-order chi connectivity index (χ1) is 13.8. The van der Waals surface area contributed by atoms with Gasteiger partial charge in [-0.15, -0.1) is 0 Å². The Kier molecular flexibility index (Phi) is 6.82. The molecular weight excluding hydrogens is 387 g/mol. The lowest BCUT2D eigenvalue weighted by molar-refractivity contribution is -0.194. The smallest absolute Gasteiger partial charge is 0.461 e. The van der Waals surface area contributed by atoms with E-state index in [0.717, 1.165) is 10.5 Å². The predicted molar refractivity (Wildman–Crippen MR) is 98.7 cm³/mol. The zero-order valence-corrected chi connectivity index (χ0v) is 16.4. The topological polar surface area (TPSA) is 55.8 Å². The zero-order chi connectivity index (χ0) is 21.0. The van der Waals surface area contributed by atoms with Gasteiger partial charge in [0.1, 0.15) is 6.61 Å². The maximum absolute atomic E-state index is 13.3. The van der Waals surface area contributed by atoms with E-state index in [1.54, 1.807) is 6.92 Å². The Bertz CT molecular complexity index is 710. The Balaban J connectivity index is 1.66. The molecule has 1 saturated heterocycles. The summed E-state index contributed by atoms with van der Waals surface area (Å²) in [5.41, 5.74) is 0.848. The zero-order valence-electron chi connectivity index (χ0n) is 16.4. The van der Waals surface area contributed by atoms with Crippen LogP contribution in [-0.4, -0.2) is 48.3 Å². The molecule has 1 aromatic carbocycles. The SMILES string of the molecule is C[C@@H]1COCC[C@@H]1N(C(=O)C(F)(F)F)[C@@H]1CC[C@H](C(=O)OCc2ccccc2)C1. The average Bonchev–Trinajstić information content (AvgIpc) is 3.17. The van der Waals surface area contributed by atoms with Crippen molar-refractivity contribution in [3.63, 3.8) is 0 Å². The van der Waals surface area contributed by atoms with Crippen LogP contribution in [0.2, 0.25) is 0 Å². The number of amides is 1. The molecule has 8 heteroatoms. The molecule has 0 bridgehead atoms. The molecule has 0 N–H and O–H groups in total. The minimum atomic E-state index is -4.94. The van der Waals surface area contributed by atoms with E-state index in [2.05, 4.69) is 0 Å². The number of halogens is 3. The molecule has 1 aliphatic heterocycles. The van der Waals surface area contributed by atoms with Crippen LogP contribution in [0.5, 0.6) is 0 Å². The molecule has 1 heterocycles. The third-order valence-corrected chi connectivity index (χ3v) is 5.79. The van der Waals surface area contributed by atoms with Crippen molar-refractivity contribution in [2.75, 3.05) is 13.2 Å². The lowest BCUT2D eigenvalue weighted by Gasteiger charge is -2.42. The van der Waals surface area contributed by atoms with Crippen LogP contribution in [0.25, 0.3) is 0 Å². The number of rotatable bonds is 5. The molecule has 3 rings (SSSR count). The van der Waals surface area contributed by atoms with Crippen molar-refractivity contribution in [2.24, 2.45) is 11.8 Å². The van der Waals surface area contributed by atoms with Crippen LogP contribution < -0.4 is 0 Å². The van der Waals surface area contributed by atoms with Crippen molar-refractivity contribution in [3.8, 4) is 0 Å². The number of carbonyl (C=O) groups excluding carboxylic acids is 2. The minimum absolute atomic E-state index is 0.128. The first-order valence-corrected chi connectivity index (χ1v) is 9.95. The molecule has 1 aliphatic carbocycles. The Morgan fingerprint density at radius 3 is 2.55 bits per heavy atom. The van der Waals surface area contributed by atoms with Crippen LogP contribution in [0.1, 0.15) is 38.2 Å². The van der Waals surface area contributed by atoms with Gasteiger partial charge in [0.2, 0.25) is 0 Å². The monoisotopic (exact) mass is 413 g/mol. The number of alkyl halides is 3. The van der Waals surface area contributed by atoms with Crippen LogP contribution in [0.3, 0.4) is 0 Å². The van der Waals surface area contributed by atoms with Crippen LogP contribution in [0.4, 0.5) is 13.2 Å². The van der Waals surface area contributed by atoms with Gasteiger partial charge < -0.3 is 14.4 Å². The lowest BCUT2D eigenvalue weighted by Crippen LogP contribution is -2.55. The molecule has 0 aromatic heterocycles. The largest absolute Gasteiger partial charge is 0.471 e. The van der Waals surface area contributed by atoms with Gasteiger partial charge in [-0.1, -0.05) is 37.3 Å². The molecule has 2 fully saturated rings. The average molecular weight is 413 g/mol. The molecule has 160 valence electrons. The highest BCUT2D eigenvalue weighted by Gasteiger charge is 2.50. The predicted octanol–water partition coefficient (Wildman–Crippen LogP) is 3.71. The highest BCUT2D eigenvalue weighted by atomic mass is 19.4. The number of carbonyl (C=O) groups is 2. The maximum atomic E-state index is 13.3. The van der Waals surface area contributed by atoms with Crippen LogP contribution in [0, 0.1) is 11.8 Å². The highest BCUT2D eigenvalue weighted by molar-refractivity contribution is 5.83. The Labute approximate surface area is 168 Å². The van der Waals surface area contributed by atoms with Gasteiger partial charge in [0.25, 0.3) is 0 Å². The summed E-state index contributed by atoms with van der Waals surface area (Å²) in [7, 11) is 0. The fourth-order valence-electron chi connectivity index (χ4n) is 4.29. The second kappa shape index (κ2) is 9.15. The molecule has 1 aromatic rings. The van der Waals surface area contributed by atoms with Gasteiger partial charge in [0.05, 0.1) is 12.5 Å². The third-order valence-electron chi connectivity index (χ3n) is 5.79. The van der Waals surface area contributed by atoms with Gasteiger partial charge in [-0.2, -0.15) is 13.2 Å². The van der Waals surface area contributed by atoms with E-state index in [-0.39, 0.29) is 18.9 Å². The van der Waals surface area contributed by atoms with Crippen molar-refractivity contribution >= 4 is 11.9 Å². The van der Waals surface area contributed by atoms with Gasteiger partial charge in [-0.05, 0) is 31.2 Å². The second-order valence-electron chi connectivity index (χ2n) is 7.88. The normalized spacial score (nSPS) is 27.4. The molecule has 0 radical (unpaired) electrons. The van der Waals surface area contributed by atoms with E-state index in [9.17, 15) is 22.8 Å². The summed E-state index contributed by atoms with van der Waals surface area (Å²) in [6.07, 6.45) is -3.61. The summed E-state index contributed by atoms with van der Waals surface area (Å²) in [4.78, 5) is 25.6. The molecular formula is C21H26F3NO4. The first-order valence-electron chi connectivity index (χ1n) is 9.95. The summed E-state index contributed by atoms with van der Waals surface area (Å²) in [5.74, 6) is -2.93. The van der Waals surface area contributed by atoms with E-state index in [4.69, 9.17) is 9.47 Å². The Morgan fingerprint density at radius 1 is 1.17 bits per heavy atom. The van der Waals surface area contributed by atoms with Crippen LogP contribution in [0.15, 0.2) is 30.3 Å². The number of hydrogen-bond donors (Lipinski definition) is 0. The summed E-state index contributed by atoms with van der Waals surface area (Å²) in [6.45, 7) is 2.57. The molecule has 5 nitrogen and oxygen atoms in total. The van der Waals surface area contributed by atoms with Crippen molar-refractivity contribution in [1.29, 1.82) is 0 Å². The molecule has 4 atom stereocenters. The number of ether oxygens (including phenoxy) is 2. The van der Waals surface area contributed by atoms with Crippen LogP contribution >= 0.6 is 0 Å². The fourth-order valence-corrected chi connectivity index (χ4v) is 4.29. The summed E-state index contributed by atoms with van der Waals surface area (Å²) in [6, 6.07) is 8.04. The van der Waals surface area contributed by atoms with Gasteiger partial charge in [0.15, 0.2) is 0 Å². The van der Waals surface area contributed by atoms with Crippen molar-refractivity contribution in [1.82, 2.24) is 4.90 Å². The van der Waals surface area contributed by atoms with Crippen molar-refractivity contribution in [3.05, 3.63) is 35.9 Å². The van der Waals surface area contributed by atoms with E-state index >= 15 is 0 Å². The van der Waals surface area contributed by atoms with E-state index in [1.807, 2.05) is 30.3 Å². The molecule has 0 unspecified atom stereocenters. The highest BCUT2D eigenvalue weighted by Crippen LogP contribution is 2.37. The van der Waals surface area contributed by atoms with Crippen molar-refractivity contribution < 1.29 is 32.2 Å². The van der Waals surface area contributed by atoms with E-state index in [1.165, 1.54) is 0 Å². The Morgan fingerprint density at radius 2 is 1.90 bits per heavy atom. The van der Waals surface area contributed by atoms with Gasteiger partial charge >= 0.3 is 18.1 Å². The van der Waals surface area contributed by atoms with Crippen molar-refractivity contribution in [2.45, 2.75) is 57.5 Å². The number of nitrogens with zero attached hydrogens (tertiary/aromatic N) is 1. The van der Waals surface area contributed by atoms with E-state index in [0.29, 0.717) is 32.5 Å². The lowest BCUT2D eigenvalue weighted by atomic mass is 9.93. The second-order valence-corrected chi connectivity index (χ2v) is 7.88. The molecule has 1 amide bonds. The minimum Gasteiger partial charge on any atom is -0.461 e. The molecule has 1 saturated carbocycles. The fraction of sp³-hybridized carbons (Fsp3) is 0.619. The number of hydrogen-bond acceptors (Lipinski definition) is 4. The standard InChI is InChI=1S/C21H26F3NO4/c1-14-12-28-10-9-18(14)25(20(27)21(22,23)24)17-8-7-16(11-17)19(26)29-13-15-5-3-2-4-6-15/h2-6,14,16-18H,7-13H2,1H3/t14-,16+,17-,18+/m1/s1. The van der Waals surface area contributed by atoms with Gasteiger partial charge in [0, 0.05) is 24.6 Å².